The lowest BCUT2D eigenvalue weighted by molar-refractivity contribution is -0.0951. The molecular weight excluding hydrogens is 278 g/mol. The zero-order valence-electron chi connectivity index (χ0n) is 13.0. The SMILES string of the molecule is Cc1ccc(SCC(N)C2CCOC3(CCCC3)C2)cc1. The zero-order chi connectivity index (χ0) is 14.7. The van der Waals surface area contributed by atoms with Gasteiger partial charge in [0.05, 0.1) is 5.60 Å². The Bertz CT molecular complexity index is 453. The largest absolute Gasteiger partial charge is 0.375 e. The van der Waals surface area contributed by atoms with Gasteiger partial charge >= 0.3 is 0 Å². The average molecular weight is 305 g/mol. The second kappa shape index (κ2) is 6.72. The summed E-state index contributed by atoms with van der Waals surface area (Å²) in [5, 5.41) is 0. The molecule has 1 aromatic carbocycles. The third kappa shape index (κ3) is 3.82. The summed E-state index contributed by atoms with van der Waals surface area (Å²) >= 11 is 1.90. The third-order valence-corrected chi connectivity index (χ3v) is 6.27. The van der Waals surface area contributed by atoms with Crippen molar-refractivity contribution in [2.24, 2.45) is 11.7 Å². The summed E-state index contributed by atoms with van der Waals surface area (Å²) < 4.78 is 6.12. The van der Waals surface area contributed by atoms with Crippen molar-refractivity contribution in [2.75, 3.05) is 12.4 Å². The molecule has 0 amide bonds. The molecule has 2 unspecified atom stereocenters. The molecule has 2 fully saturated rings. The van der Waals surface area contributed by atoms with Gasteiger partial charge in [-0.25, -0.2) is 0 Å². The Morgan fingerprint density at radius 3 is 2.71 bits per heavy atom. The van der Waals surface area contributed by atoms with Gasteiger partial charge in [0.15, 0.2) is 0 Å². The molecule has 0 radical (unpaired) electrons. The van der Waals surface area contributed by atoms with Crippen LogP contribution < -0.4 is 5.73 Å². The summed E-state index contributed by atoms with van der Waals surface area (Å²) in [6, 6.07) is 9.05. The standard InChI is InChI=1S/C18H27NOS/c1-14-4-6-16(7-5-14)21-13-17(19)15-8-11-20-18(12-15)9-2-3-10-18/h4-7,15,17H,2-3,8-13,19H2,1H3. The van der Waals surface area contributed by atoms with Crippen molar-refractivity contribution in [3.05, 3.63) is 29.8 Å². The van der Waals surface area contributed by atoms with E-state index in [4.69, 9.17) is 10.5 Å². The Labute approximate surface area is 132 Å². The van der Waals surface area contributed by atoms with Crippen LogP contribution in [0.25, 0.3) is 0 Å². The number of ether oxygens (including phenoxy) is 1. The number of benzene rings is 1. The fourth-order valence-electron chi connectivity index (χ4n) is 3.76. The van der Waals surface area contributed by atoms with Gasteiger partial charge in [-0.15, -0.1) is 11.8 Å². The van der Waals surface area contributed by atoms with E-state index in [1.807, 2.05) is 11.8 Å². The Hall–Kier alpha value is -0.510. The quantitative estimate of drug-likeness (QED) is 0.849. The molecule has 116 valence electrons. The van der Waals surface area contributed by atoms with Crippen LogP contribution in [0, 0.1) is 12.8 Å². The monoisotopic (exact) mass is 305 g/mol. The van der Waals surface area contributed by atoms with E-state index < -0.39 is 0 Å². The average Bonchev–Trinajstić information content (AvgIpc) is 2.94. The van der Waals surface area contributed by atoms with Gasteiger partial charge in [-0.2, -0.15) is 0 Å². The molecule has 2 nitrogen and oxygen atoms in total. The molecule has 2 atom stereocenters. The molecule has 1 spiro atoms. The lowest BCUT2D eigenvalue weighted by Gasteiger charge is -2.40. The summed E-state index contributed by atoms with van der Waals surface area (Å²) in [5.74, 6) is 1.65. The second-order valence-electron chi connectivity index (χ2n) is 6.78. The first kappa shape index (κ1) is 15.4. The Balaban J connectivity index is 1.52. The van der Waals surface area contributed by atoms with Crippen LogP contribution in [0.3, 0.4) is 0 Å². The van der Waals surface area contributed by atoms with Crippen molar-refractivity contribution in [1.82, 2.24) is 0 Å². The number of nitrogens with two attached hydrogens (primary N) is 1. The smallest absolute Gasteiger partial charge is 0.0685 e. The van der Waals surface area contributed by atoms with Gasteiger partial charge in [0, 0.05) is 23.3 Å². The maximum atomic E-state index is 6.50. The van der Waals surface area contributed by atoms with E-state index >= 15 is 0 Å². The highest BCUT2D eigenvalue weighted by Gasteiger charge is 2.41. The molecular formula is C18H27NOS. The summed E-state index contributed by atoms with van der Waals surface area (Å²) in [6.45, 7) is 3.04. The van der Waals surface area contributed by atoms with Crippen LogP contribution in [0.1, 0.15) is 44.1 Å². The zero-order valence-corrected chi connectivity index (χ0v) is 13.8. The van der Waals surface area contributed by atoms with Gasteiger partial charge in [-0.1, -0.05) is 30.5 Å². The number of hydrogen-bond acceptors (Lipinski definition) is 3. The van der Waals surface area contributed by atoms with Crippen LogP contribution in [0.2, 0.25) is 0 Å². The first-order valence-corrected chi connectivity index (χ1v) is 9.24. The molecule has 1 aliphatic heterocycles. The Morgan fingerprint density at radius 2 is 2.00 bits per heavy atom. The normalized spacial score (nSPS) is 26.1. The molecule has 1 aliphatic carbocycles. The number of rotatable bonds is 4. The van der Waals surface area contributed by atoms with Crippen molar-refractivity contribution in [1.29, 1.82) is 0 Å². The van der Waals surface area contributed by atoms with Gasteiger partial charge in [-0.3, -0.25) is 0 Å². The molecule has 21 heavy (non-hydrogen) atoms. The highest BCUT2D eigenvalue weighted by atomic mass is 32.2. The maximum absolute atomic E-state index is 6.50. The third-order valence-electron chi connectivity index (χ3n) is 5.11. The van der Waals surface area contributed by atoms with Crippen LogP contribution in [0.15, 0.2) is 29.2 Å². The predicted molar refractivity (Wildman–Crippen MR) is 89.8 cm³/mol. The molecule has 0 bridgehead atoms. The second-order valence-corrected chi connectivity index (χ2v) is 7.87. The fourth-order valence-corrected chi connectivity index (χ4v) is 4.75. The molecule has 3 heteroatoms. The first-order valence-electron chi connectivity index (χ1n) is 8.26. The van der Waals surface area contributed by atoms with Crippen molar-refractivity contribution in [2.45, 2.75) is 62.0 Å². The minimum atomic E-state index is 0.190. The van der Waals surface area contributed by atoms with Crippen LogP contribution in [-0.2, 0) is 4.74 Å². The summed E-state index contributed by atoms with van der Waals surface area (Å²) in [5.41, 5.74) is 8.01. The molecule has 1 saturated carbocycles. The number of thioether (sulfide) groups is 1. The minimum absolute atomic E-state index is 0.190. The molecule has 0 aromatic heterocycles. The fraction of sp³-hybridized carbons (Fsp3) is 0.667. The highest BCUT2D eigenvalue weighted by molar-refractivity contribution is 7.99. The van der Waals surface area contributed by atoms with E-state index in [1.54, 1.807) is 0 Å². The van der Waals surface area contributed by atoms with Gasteiger partial charge in [0.2, 0.25) is 0 Å². The van der Waals surface area contributed by atoms with Crippen molar-refractivity contribution in [3.63, 3.8) is 0 Å². The van der Waals surface area contributed by atoms with Crippen molar-refractivity contribution < 1.29 is 4.74 Å². The molecule has 3 rings (SSSR count). The lowest BCUT2D eigenvalue weighted by Crippen LogP contribution is -2.44. The Morgan fingerprint density at radius 1 is 1.29 bits per heavy atom. The lowest BCUT2D eigenvalue weighted by atomic mass is 9.81. The van der Waals surface area contributed by atoms with E-state index in [0.29, 0.717) is 5.92 Å². The van der Waals surface area contributed by atoms with E-state index in [-0.39, 0.29) is 11.6 Å². The summed E-state index contributed by atoms with van der Waals surface area (Å²) in [4.78, 5) is 1.33. The Kier molecular flexibility index (Phi) is 4.92. The molecule has 2 N–H and O–H groups in total. The summed E-state index contributed by atoms with van der Waals surface area (Å²) in [7, 11) is 0. The maximum Gasteiger partial charge on any atom is 0.0685 e. The molecule has 1 saturated heterocycles. The van der Waals surface area contributed by atoms with Crippen molar-refractivity contribution >= 4 is 11.8 Å². The van der Waals surface area contributed by atoms with E-state index in [0.717, 1.165) is 18.8 Å². The predicted octanol–water partition coefficient (Wildman–Crippen LogP) is 4.15. The first-order chi connectivity index (χ1) is 10.2. The van der Waals surface area contributed by atoms with Gasteiger partial charge in [-0.05, 0) is 50.7 Å². The highest BCUT2D eigenvalue weighted by Crippen LogP contribution is 2.43. The van der Waals surface area contributed by atoms with Gasteiger partial charge in [0.1, 0.15) is 0 Å². The van der Waals surface area contributed by atoms with Gasteiger partial charge in [0.25, 0.3) is 0 Å². The van der Waals surface area contributed by atoms with E-state index in [1.165, 1.54) is 42.6 Å². The number of hydrogen-bond donors (Lipinski definition) is 1. The van der Waals surface area contributed by atoms with E-state index in [9.17, 15) is 0 Å². The molecule has 2 aliphatic rings. The minimum Gasteiger partial charge on any atom is -0.375 e. The van der Waals surface area contributed by atoms with Gasteiger partial charge < -0.3 is 10.5 Å². The molecule has 1 heterocycles. The van der Waals surface area contributed by atoms with Crippen LogP contribution >= 0.6 is 11.8 Å². The van der Waals surface area contributed by atoms with Crippen LogP contribution in [0.4, 0.5) is 0 Å². The van der Waals surface area contributed by atoms with E-state index in [2.05, 4.69) is 31.2 Å². The summed E-state index contributed by atoms with van der Waals surface area (Å²) in [6.07, 6.45) is 7.49. The van der Waals surface area contributed by atoms with Crippen LogP contribution in [0.5, 0.6) is 0 Å². The molecule has 1 aromatic rings. The van der Waals surface area contributed by atoms with Crippen molar-refractivity contribution in [3.8, 4) is 0 Å². The van der Waals surface area contributed by atoms with Crippen LogP contribution in [-0.4, -0.2) is 24.0 Å². The number of aryl methyl sites for hydroxylation is 1. The topological polar surface area (TPSA) is 35.2 Å².